The lowest BCUT2D eigenvalue weighted by Gasteiger charge is -2.08. The lowest BCUT2D eigenvalue weighted by atomic mass is 10.0. The molecule has 0 atom stereocenters. The number of benzene rings is 2. The van der Waals surface area contributed by atoms with Gasteiger partial charge in [-0.1, -0.05) is 36.4 Å². The zero-order valence-corrected chi connectivity index (χ0v) is 14.1. The number of aromatic carboxylic acids is 1. The normalized spacial score (nSPS) is 10.6. The Kier molecular flexibility index (Phi) is 4.64. The van der Waals surface area contributed by atoms with Gasteiger partial charge in [-0.25, -0.2) is 4.79 Å². The van der Waals surface area contributed by atoms with Crippen LogP contribution in [0.4, 0.5) is 10.7 Å². The van der Waals surface area contributed by atoms with Gasteiger partial charge in [-0.2, -0.15) is 0 Å². The lowest BCUT2D eigenvalue weighted by molar-refractivity contribution is 0.0699. The molecule has 0 saturated heterocycles. The Bertz CT molecular complexity index is 869. The van der Waals surface area contributed by atoms with Crippen LogP contribution < -0.4 is 11.1 Å². The number of rotatable bonds is 5. The molecule has 0 bridgehead atoms. The summed E-state index contributed by atoms with van der Waals surface area (Å²) < 4.78 is 0. The number of carbonyl (C=O) groups is 1. The van der Waals surface area contributed by atoms with Crippen LogP contribution in [0.2, 0.25) is 0 Å². The van der Waals surface area contributed by atoms with Gasteiger partial charge in [0.25, 0.3) is 0 Å². The first kappa shape index (κ1) is 16.2. The minimum absolute atomic E-state index is 0.294. The van der Waals surface area contributed by atoms with E-state index < -0.39 is 5.97 Å². The van der Waals surface area contributed by atoms with E-state index in [1.807, 2.05) is 60.8 Å². The standard InChI is InChI=1S/C19H18N2O2S/c1-12-3-2-4-15(9-12)21-18-17(19(22)23)16(11-24-18)14-7-5-13(10-20)6-8-14/h2-9,11,21H,10,20H2,1H3,(H,22,23). The molecule has 1 aromatic heterocycles. The van der Waals surface area contributed by atoms with E-state index in [-0.39, 0.29) is 0 Å². The fraction of sp³-hybridized carbons (Fsp3) is 0.105. The molecule has 0 unspecified atom stereocenters. The number of carboxylic acid groups (broad SMARTS) is 1. The SMILES string of the molecule is Cc1cccc(Nc2scc(-c3ccc(CN)cc3)c2C(=O)O)c1. The number of nitrogens with two attached hydrogens (primary N) is 1. The molecule has 3 rings (SSSR count). The van der Waals surface area contributed by atoms with E-state index >= 15 is 0 Å². The summed E-state index contributed by atoms with van der Waals surface area (Å²) in [5.74, 6) is -0.940. The van der Waals surface area contributed by atoms with Gasteiger partial charge in [0.2, 0.25) is 0 Å². The molecule has 3 aromatic rings. The van der Waals surface area contributed by atoms with Gasteiger partial charge in [-0.15, -0.1) is 11.3 Å². The average Bonchev–Trinajstić information content (AvgIpc) is 2.99. The fourth-order valence-electron chi connectivity index (χ4n) is 2.55. The van der Waals surface area contributed by atoms with Crippen LogP contribution in [0.5, 0.6) is 0 Å². The third kappa shape index (κ3) is 3.32. The smallest absolute Gasteiger partial charge is 0.339 e. The summed E-state index contributed by atoms with van der Waals surface area (Å²) in [6.45, 7) is 2.47. The van der Waals surface area contributed by atoms with Crippen molar-refractivity contribution in [1.82, 2.24) is 0 Å². The first-order chi connectivity index (χ1) is 11.6. The van der Waals surface area contributed by atoms with Crippen molar-refractivity contribution in [3.05, 3.63) is 70.6 Å². The second kappa shape index (κ2) is 6.86. The number of carboxylic acids is 1. The van der Waals surface area contributed by atoms with Crippen LogP contribution in [0.1, 0.15) is 21.5 Å². The predicted octanol–water partition coefficient (Wildman–Crippen LogP) is 4.62. The van der Waals surface area contributed by atoms with Crippen molar-refractivity contribution in [2.24, 2.45) is 5.73 Å². The zero-order valence-electron chi connectivity index (χ0n) is 13.2. The maximum Gasteiger partial charge on any atom is 0.339 e. The third-order valence-corrected chi connectivity index (χ3v) is 4.68. The van der Waals surface area contributed by atoms with E-state index in [1.165, 1.54) is 11.3 Å². The highest BCUT2D eigenvalue weighted by Crippen LogP contribution is 2.37. The molecule has 0 radical (unpaired) electrons. The van der Waals surface area contributed by atoms with Gasteiger partial charge in [-0.05, 0) is 35.7 Å². The minimum atomic E-state index is -0.940. The summed E-state index contributed by atoms with van der Waals surface area (Å²) in [6, 6.07) is 15.5. The molecule has 0 aliphatic carbocycles. The number of nitrogens with one attached hydrogen (secondary N) is 1. The Hall–Kier alpha value is -2.63. The van der Waals surface area contributed by atoms with Crippen molar-refractivity contribution in [3.8, 4) is 11.1 Å². The Balaban J connectivity index is 1.99. The van der Waals surface area contributed by atoms with Crippen LogP contribution in [0.15, 0.2) is 53.9 Å². The highest BCUT2D eigenvalue weighted by molar-refractivity contribution is 7.15. The highest BCUT2D eigenvalue weighted by atomic mass is 32.1. The molecular formula is C19H18N2O2S. The number of hydrogen-bond donors (Lipinski definition) is 3. The molecule has 24 heavy (non-hydrogen) atoms. The molecule has 0 aliphatic heterocycles. The highest BCUT2D eigenvalue weighted by Gasteiger charge is 2.19. The van der Waals surface area contributed by atoms with Crippen LogP contribution in [0, 0.1) is 6.92 Å². The van der Waals surface area contributed by atoms with E-state index in [4.69, 9.17) is 5.73 Å². The quantitative estimate of drug-likeness (QED) is 0.634. The van der Waals surface area contributed by atoms with Crippen molar-refractivity contribution < 1.29 is 9.90 Å². The van der Waals surface area contributed by atoms with Gasteiger partial charge in [0.15, 0.2) is 0 Å². The van der Waals surface area contributed by atoms with E-state index in [2.05, 4.69) is 5.32 Å². The minimum Gasteiger partial charge on any atom is -0.478 e. The lowest BCUT2D eigenvalue weighted by Crippen LogP contribution is -2.01. The van der Waals surface area contributed by atoms with Crippen LogP contribution >= 0.6 is 11.3 Å². The van der Waals surface area contributed by atoms with Gasteiger partial charge in [0, 0.05) is 23.2 Å². The summed E-state index contributed by atoms with van der Waals surface area (Å²) in [5.41, 5.74) is 10.5. The van der Waals surface area contributed by atoms with Crippen LogP contribution in [0.3, 0.4) is 0 Å². The van der Waals surface area contributed by atoms with Gasteiger partial charge in [0.05, 0.1) is 0 Å². The summed E-state index contributed by atoms with van der Waals surface area (Å²) in [6.07, 6.45) is 0. The molecule has 2 aromatic carbocycles. The van der Waals surface area contributed by atoms with Gasteiger partial charge in [0.1, 0.15) is 10.6 Å². The average molecular weight is 338 g/mol. The third-order valence-electron chi connectivity index (χ3n) is 3.78. The summed E-state index contributed by atoms with van der Waals surface area (Å²) in [7, 11) is 0. The van der Waals surface area contributed by atoms with Crippen molar-refractivity contribution in [1.29, 1.82) is 0 Å². The zero-order chi connectivity index (χ0) is 17.1. The van der Waals surface area contributed by atoms with Crippen molar-refractivity contribution >= 4 is 28.0 Å². The van der Waals surface area contributed by atoms with Crippen molar-refractivity contribution in [3.63, 3.8) is 0 Å². The molecule has 0 aliphatic rings. The number of anilines is 2. The molecule has 122 valence electrons. The van der Waals surface area contributed by atoms with Crippen molar-refractivity contribution in [2.75, 3.05) is 5.32 Å². The Morgan fingerprint density at radius 1 is 1.21 bits per heavy atom. The molecular weight excluding hydrogens is 320 g/mol. The van der Waals surface area contributed by atoms with Gasteiger partial charge < -0.3 is 16.2 Å². The summed E-state index contributed by atoms with van der Waals surface area (Å²) >= 11 is 1.39. The van der Waals surface area contributed by atoms with Crippen LogP contribution in [-0.2, 0) is 6.54 Å². The second-order valence-electron chi connectivity index (χ2n) is 5.55. The predicted molar refractivity (Wildman–Crippen MR) is 99.1 cm³/mol. The van der Waals surface area contributed by atoms with Gasteiger partial charge in [-0.3, -0.25) is 0 Å². The number of thiophene rings is 1. The Morgan fingerprint density at radius 2 is 1.96 bits per heavy atom. The van der Waals surface area contributed by atoms with E-state index in [0.29, 0.717) is 22.7 Å². The van der Waals surface area contributed by atoms with Crippen molar-refractivity contribution in [2.45, 2.75) is 13.5 Å². The molecule has 4 N–H and O–H groups in total. The molecule has 0 fully saturated rings. The largest absolute Gasteiger partial charge is 0.478 e. The topological polar surface area (TPSA) is 75.3 Å². The van der Waals surface area contributed by atoms with E-state index in [0.717, 1.165) is 22.4 Å². The van der Waals surface area contributed by atoms with E-state index in [9.17, 15) is 9.90 Å². The molecule has 0 saturated carbocycles. The Labute approximate surface area is 144 Å². The van der Waals surface area contributed by atoms with Crippen LogP contribution in [0.25, 0.3) is 11.1 Å². The molecule has 1 heterocycles. The molecule has 0 spiro atoms. The molecule has 4 nitrogen and oxygen atoms in total. The monoisotopic (exact) mass is 338 g/mol. The molecule has 5 heteroatoms. The summed E-state index contributed by atoms with van der Waals surface area (Å²) in [5, 5.41) is 15.4. The molecule has 0 amide bonds. The van der Waals surface area contributed by atoms with Crippen LogP contribution in [-0.4, -0.2) is 11.1 Å². The first-order valence-corrected chi connectivity index (χ1v) is 8.44. The first-order valence-electron chi connectivity index (χ1n) is 7.56. The number of hydrogen-bond acceptors (Lipinski definition) is 4. The summed E-state index contributed by atoms with van der Waals surface area (Å²) in [4.78, 5) is 11.8. The number of aryl methyl sites for hydroxylation is 1. The second-order valence-corrected chi connectivity index (χ2v) is 6.43. The van der Waals surface area contributed by atoms with E-state index in [1.54, 1.807) is 0 Å². The fourth-order valence-corrected chi connectivity index (χ4v) is 3.53. The maximum absolute atomic E-state index is 11.8. The maximum atomic E-state index is 11.8. The Morgan fingerprint density at radius 3 is 2.58 bits per heavy atom. The van der Waals surface area contributed by atoms with Gasteiger partial charge >= 0.3 is 5.97 Å².